The van der Waals surface area contributed by atoms with Crippen LogP contribution in [0.4, 0.5) is 0 Å². The maximum atomic E-state index is 11.2. The van der Waals surface area contributed by atoms with Gasteiger partial charge in [0.25, 0.3) is 0 Å². The van der Waals surface area contributed by atoms with Crippen LogP contribution in [-0.2, 0) is 30.5 Å². The predicted molar refractivity (Wildman–Crippen MR) is 63.1 cm³/mol. The molecule has 0 spiro atoms. The SMILES string of the molecule is COP(=O)([O-])Cc1ccc(CP(=O)([O-])OC)cc1. The number of rotatable bonds is 6. The van der Waals surface area contributed by atoms with Gasteiger partial charge < -0.3 is 28.0 Å². The first-order valence-electron chi connectivity index (χ1n) is 5.07. The molecule has 0 aromatic heterocycles. The minimum absolute atomic E-state index is 0.219. The summed E-state index contributed by atoms with van der Waals surface area (Å²) in [4.78, 5) is 22.4. The van der Waals surface area contributed by atoms with Crippen LogP contribution in [0.5, 0.6) is 0 Å². The lowest BCUT2D eigenvalue weighted by Crippen LogP contribution is -2.06. The fourth-order valence-corrected chi connectivity index (χ4v) is 2.90. The van der Waals surface area contributed by atoms with Gasteiger partial charge in [-0.1, -0.05) is 24.3 Å². The molecule has 2 unspecified atom stereocenters. The third kappa shape index (κ3) is 5.02. The second kappa shape index (κ2) is 6.11. The van der Waals surface area contributed by atoms with E-state index in [1.807, 2.05) is 0 Å². The first-order valence-corrected chi connectivity index (χ1v) is 8.53. The summed E-state index contributed by atoms with van der Waals surface area (Å²) in [6, 6.07) is 6.20. The van der Waals surface area contributed by atoms with Crippen LogP contribution in [0, 0.1) is 0 Å². The molecule has 0 bridgehead atoms. The molecular weight excluding hydrogens is 278 g/mol. The predicted octanol–water partition coefficient (Wildman–Crippen LogP) is 1.09. The summed E-state index contributed by atoms with van der Waals surface area (Å²) in [5.74, 6) is 0. The minimum atomic E-state index is -3.85. The van der Waals surface area contributed by atoms with Crippen molar-refractivity contribution in [3.8, 4) is 0 Å². The highest BCUT2D eigenvalue weighted by molar-refractivity contribution is 7.50. The Morgan fingerprint density at radius 3 is 1.39 bits per heavy atom. The Labute approximate surface area is 106 Å². The highest BCUT2D eigenvalue weighted by Gasteiger charge is 2.09. The summed E-state index contributed by atoms with van der Waals surface area (Å²) in [6.45, 7) is 0. The van der Waals surface area contributed by atoms with Gasteiger partial charge in [-0.3, -0.25) is 0 Å². The number of hydrogen-bond acceptors (Lipinski definition) is 6. The van der Waals surface area contributed by atoms with Gasteiger partial charge in [0, 0.05) is 26.5 Å². The Morgan fingerprint density at radius 2 is 1.17 bits per heavy atom. The molecule has 0 saturated heterocycles. The second-order valence-corrected chi connectivity index (χ2v) is 7.53. The average Bonchev–Trinajstić information content (AvgIpc) is 2.31. The fraction of sp³-hybridized carbons (Fsp3) is 0.400. The molecule has 1 aromatic carbocycles. The van der Waals surface area contributed by atoms with E-state index in [1.165, 1.54) is 0 Å². The zero-order chi connectivity index (χ0) is 13.8. The number of hydrogen-bond donors (Lipinski definition) is 0. The molecule has 0 fully saturated rings. The molecule has 0 heterocycles. The van der Waals surface area contributed by atoms with Crippen molar-refractivity contribution < 1.29 is 28.0 Å². The van der Waals surface area contributed by atoms with E-state index < -0.39 is 15.2 Å². The Morgan fingerprint density at radius 1 is 0.889 bits per heavy atom. The summed E-state index contributed by atoms with van der Waals surface area (Å²) >= 11 is 0. The standard InChI is InChI=1S/C10H16O6P2/c1-15-17(11,12)7-9-3-5-10(6-4-9)8-18(13,14)16-2/h3-6H,7-8H2,1-2H3,(H,11,12)(H,13,14)/p-2. The molecular formula is C10H14O6P2-2. The van der Waals surface area contributed by atoms with Gasteiger partial charge in [0.1, 0.15) is 15.2 Å². The quantitative estimate of drug-likeness (QED) is 0.728. The van der Waals surface area contributed by atoms with E-state index in [9.17, 15) is 18.9 Å². The molecule has 2 atom stereocenters. The van der Waals surface area contributed by atoms with E-state index in [4.69, 9.17) is 0 Å². The Hall–Kier alpha value is -0.480. The molecule has 0 saturated carbocycles. The normalized spacial score (nSPS) is 18.0. The first-order chi connectivity index (χ1) is 8.28. The molecule has 0 amide bonds. The summed E-state index contributed by atoms with van der Waals surface area (Å²) < 4.78 is 31.2. The van der Waals surface area contributed by atoms with Gasteiger partial charge in [0.2, 0.25) is 0 Å². The van der Waals surface area contributed by atoms with E-state index in [-0.39, 0.29) is 12.3 Å². The van der Waals surface area contributed by atoms with Gasteiger partial charge in [-0.25, -0.2) is 0 Å². The van der Waals surface area contributed by atoms with Crippen molar-refractivity contribution in [2.75, 3.05) is 14.2 Å². The van der Waals surface area contributed by atoms with Crippen LogP contribution >= 0.6 is 15.2 Å². The Bertz CT molecular complexity index is 439. The molecule has 6 nitrogen and oxygen atoms in total. The molecule has 102 valence electrons. The van der Waals surface area contributed by atoms with Gasteiger partial charge in [-0.05, 0) is 11.1 Å². The van der Waals surface area contributed by atoms with E-state index >= 15 is 0 Å². The van der Waals surface area contributed by atoms with Crippen LogP contribution in [0.25, 0.3) is 0 Å². The van der Waals surface area contributed by atoms with Crippen molar-refractivity contribution in [3.05, 3.63) is 35.4 Å². The molecule has 0 aliphatic heterocycles. The molecule has 0 radical (unpaired) electrons. The van der Waals surface area contributed by atoms with Crippen LogP contribution in [0.1, 0.15) is 11.1 Å². The van der Waals surface area contributed by atoms with Gasteiger partial charge in [-0.15, -0.1) is 0 Å². The molecule has 0 aliphatic carbocycles. The van der Waals surface area contributed by atoms with Crippen molar-refractivity contribution in [3.63, 3.8) is 0 Å². The highest BCUT2D eigenvalue weighted by atomic mass is 31.2. The molecule has 0 aliphatic rings. The maximum Gasteiger partial charge on any atom is 0.139 e. The van der Waals surface area contributed by atoms with Crippen LogP contribution in [0.3, 0.4) is 0 Å². The van der Waals surface area contributed by atoms with Gasteiger partial charge in [-0.2, -0.15) is 0 Å². The van der Waals surface area contributed by atoms with E-state index in [2.05, 4.69) is 9.05 Å². The Balaban J connectivity index is 2.75. The summed E-state index contributed by atoms with van der Waals surface area (Å²) in [7, 11) is -5.49. The largest absolute Gasteiger partial charge is 0.778 e. The first kappa shape index (κ1) is 15.6. The molecule has 1 aromatic rings. The summed E-state index contributed by atoms with van der Waals surface area (Å²) in [5.41, 5.74) is 1.08. The average molecular weight is 292 g/mol. The zero-order valence-electron chi connectivity index (χ0n) is 10.1. The molecule has 8 heteroatoms. The minimum Gasteiger partial charge on any atom is -0.778 e. The van der Waals surface area contributed by atoms with Crippen LogP contribution in [-0.4, -0.2) is 14.2 Å². The lowest BCUT2D eigenvalue weighted by molar-refractivity contribution is -0.198. The van der Waals surface area contributed by atoms with Crippen molar-refractivity contribution in [2.45, 2.75) is 12.3 Å². The van der Waals surface area contributed by atoms with Gasteiger partial charge >= 0.3 is 0 Å². The van der Waals surface area contributed by atoms with Crippen molar-refractivity contribution in [1.29, 1.82) is 0 Å². The van der Waals surface area contributed by atoms with Crippen LogP contribution in [0.15, 0.2) is 24.3 Å². The monoisotopic (exact) mass is 292 g/mol. The Kier molecular flexibility index (Phi) is 5.29. The third-order valence-corrected chi connectivity index (χ3v) is 4.95. The second-order valence-electron chi connectivity index (χ2n) is 3.72. The topological polar surface area (TPSA) is 98.7 Å². The van der Waals surface area contributed by atoms with Crippen molar-refractivity contribution in [1.82, 2.24) is 0 Å². The zero-order valence-corrected chi connectivity index (χ0v) is 11.9. The van der Waals surface area contributed by atoms with Gasteiger partial charge in [0.05, 0.1) is 0 Å². The molecule has 1 rings (SSSR count). The molecule has 0 N–H and O–H groups in total. The highest BCUT2D eigenvalue weighted by Crippen LogP contribution is 2.41. The fourth-order valence-electron chi connectivity index (χ4n) is 1.33. The van der Waals surface area contributed by atoms with E-state index in [0.717, 1.165) is 14.2 Å². The lowest BCUT2D eigenvalue weighted by Gasteiger charge is -2.22. The summed E-state index contributed by atoms with van der Waals surface area (Å²) in [6.07, 6.45) is -0.438. The maximum absolute atomic E-state index is 11.2. The third-order valence-electron chi connectivity index (χ3n) is 2.33. The molecule has 18 heavy (non-hydrogen) atoms. The summed E-state index contributed by atoms with van der Waals surface area (Å²) in [5, 5.41) is 0. The van der Waals surface area contributed by atoms with Crippen LogP contribution in [0.2, 0.25) is 0 Å². The van der Waals surface area contributed by atoms with E-state index in [1.54, 1.807) is 24.3 Å². The van der Waals surface area contributed by atoms with E-state index in [0.29, 0.717) is 11.1 Å². The van der Waals surface area contributed by atoms with Crippen molar-refractivity contribution >= 4 is 15.2 Å². The van der Waals surface area contributed by atoms with Crippen molar-refractivity contribution in [2.24, 2.45) is 0 Å². The number of benzene rings is 1. The lowest BCUT2D eigenvalue weighted by atomic mass is 10.2. The van der Waals surface area contributed by atoms with Gasteiger partial charge in [0.15, 0.2) is 0 Å². The van der Waals surface area contributed by atoms with Crippen LogP contribution < -0.4 is 9.79 Å². The smallest absolute Gasteiger partial charge is 0.139 e.